The highest BCUT2D eigenvalue weighted by molar-refractivity contribution is 4.73. The standard InChI is InChI=1S/C11H24N2/c1-13(2)10-6-5-9-12-11-7-3-4-8-11/h11-12H,3-10H2,1-2H3. The highest BCUT2D eigenvalue weighted by Gasteiger charge is 2.12. The van der Waals surface area contributed by atoms with Crippen LogP contribution in [0.4, 0.5) is 0 Å². The van der Waals surface area contributed by atoms with Gasteiger partial charge in [-0.05, 0) is 52.9 Å². The summed E-state index contributed by atoms with van der Waals surface area (Å²) >= 11 is 0. The first-order valence-corrected chi connectivity index (χ1v) is 5.67. The van der Waals surface area contributed by atoms with E-state index in [4.69, 9.17) is 0 Å². The van der Waals surface area contributed by atoms with Crippen LogP contribution in [0, 0.1) is 0 Å². The van der Waals surface area contributed by atoms with Crippen molar-refractivity contribution in [1.82, 2.24) is 10.2 Å². The van der Waals surface area contributed by atoms with Crippen LogP contribution in [0.5, 0.6) is 0 Å². The van der Waals surface area contributed by atoms with E-state index in [1.54, 1.807) is 0 Å². The number of unbranched alkanes of at least 4 members (excludes halogenated alkanes) is 1. The largest absolute Gasteiger partial charge is 0.314 e. The van der Waals surface area contributed by atoms with Crippen molar-refractivity contribution in [3.63, 3.8) is 0 Å². The molecule has 78 valence electrons. The van der Waals surface area contributed by atoms with Crippen LogP contribution in [0.1, 0.15) is 38.5 Å². The van der Waals surface area contributed by atoms with Crippen molar-refractivity contribution >= 4 is 0 Å². The zero-order valence-corrected chi connectivity index (χ0v) is 9.18. The van der Waals surface area contributed by atoms with Crippen LogP contribution < -0.4 is 5.32 Å². The lowest BCUT2D eigenvalue weighted by molar-refractivity contribution is 0.387. The first-order valence-electron chi connectivity index (χ1n) is 5.67. The van der Waals surface area contributed by atoms with E-state index in [1.807, 2.05) is 0 Å². The Morgan fingerprint density at radius 1 is 1.15 bits per heavy atom. The number of nitrogens with one attached hydrogen (secondary N) is 1. The van der Waals surface area contributed by atoms with Gasteiger partial charge in [-0.2, -0.15) is 0 Å². The Labute approximate surface area is 82.7 Å². The predicted molar refractivity (Wildman–Crippen MR) is 58.0 cm³/mol. The summed E-state index contributed by atoms with van der Waals surface area (Å²) in [5.74, 6) is 0. The van der Waals surface area contributed by atoms with Crippen molar-refractivity contribution in [2.45, 2.75) is 44.6 Å². The van der Waals surface area contributed by atoms with E-state index in [2.05, 4.69) is 24.3 Å². The number of hydrogen-bond donors (Lipinski definition) is 1. The molecule has 0 unspecified atom stereocenters. The molecule has 0 aromatic carbocycles. The molecular weight excluding hydrogens is 160 g/mol. The van der Waals surface area contributed by atoms with Crippen LogP contribution in [0.3, 0.4) is 0 Å². The van der Waals surface area contributed by atoms with Crippen LogP contribution in [0.25, 0.3) is 0 Å². The van der Waals surface area contributed by atoms with Gasteiger partial charge in [0.25, 0.3) is 0 Å². The molecule has 0 spiro atoms. The maximum atomic E-state index is 3.64. The zero-order valence-electron chi connectivity index (χ0n) is 9.18. The Hall–Kier alpha value is -0.0800. The average molecular weight is 184 g/mol. The summed E-state index contributed by atoms with van der Waals surface area (Å²) in [7, 11) is 4.29. The summed E-state index contributed by atoms with van der Waals surface area (Å²) in [4.78, 5) is 2.26. The lowest BCUT2D eigenvalue weighted by atomic mass is 10.2. The lowest BCUT2D eigenvalue weighted by Gasteiger charge is -2.12. The van der Waals surface area contributed by atoms with Gasteiger partial charge in [-0.15, -0.1) is 0 Å². The minimum atomic E-state index is 0.847. The second-order valence-corrected chi connectivity index (χ2v) is 4.45. The molecule has 0 radical (unpaired) electrons. The van der Waals surface area contributed by atoms with Crippen LogP contribution >= 0.6 is 0 Å². The van der Waals surface area contributed by atoms with Gasteiger partial charge in [-0.3, -0.25) is 0 Å². The monoisotopic (exact) mass is 184 g/mol. The lowest BCUT2D eigenvalue weighted by Crippen LogP contribution is -2.27. The molecule has 0 heterocycles. The normalized spacial score (nSPS) is 18.7. The fourth-order valence-electron chi connectivity index (χ4n) is 1.99. The molecule has 13 heavy (non-hydrogen) atoms. The molecule has 1 rings (SSSR count). The van der Waals surface area contributed by atoms with Crippen molar-refractivity contribution in [2.24, 2.45) is 0 Å². The topological polar surface area (TPSA) is 15.3 Å². The average Bonchev–Trinajstić information content (AvgIpc) is 2.55. The van der Waals surface area contributed by atoms with Crippen molar-refractivity contribution in [3.8, 4) is 0 Å². The quantitative estimate of drug-likeness (QED) is 0.634. The van der Waals surface area contributed by atoms with Crippen molar-refractivity contribution in [1.29, 1.82) is 0 Å². The van der Waals surface area contributed by atoms with E-state index in [0.717, 1.165) is 6.04 Å². The van der Waals surface area contributed by atoms with Gasteiger partial charge >= 0.3 is 0 Å². The summed E-state index contributed by atoms with van der Waals surface area (Å²) in [5.41, 5.74) is 0. The molecule has 1 fully saturated rings. The van der Waals surface area contributed by atoms with E-state index in [9.17, 15) is 0 Å². The third-order valence-corrected chi connectivity index (χ3v) is 2.82. The van der Waals surface area contributed by atoms with E-state index in [-0.39, 0.29) is 0 Å². The Balaban J connectivity index is 1.83. The SMILES string of the molecule is CN(C)CCCCNC1CCCC1. The summed E-state index contributed by atoms with van der Waals surface area (Å²) < 4.78 is 0. The molecule has 0 aromatic heterocycles. The summed E-state index contributed by atoms with van der Waals surface area (Å²) in [6.45, 7) is 2.45. The molecule has 0 atom stereocenters. The molecular formula is C11H24N2. The number of hydrogen-bond acceptors (Lipinski definition) is 2. The Bertz CT molecular complexity index is 117. The maximum absolute atomic E-state index is 3.64. The van der Waals surface area contributed by atoms with E-state index in [0.29, 0.717) is 0 Å². The summed E-state index contributed by atoms with van der Waals surface area (Å²) in [5, 5.41) is 3.64. The van der Waals surface area contributed by atoms with Gasteiger partial charge in [-0.25, -0.2) is 0 Å². The molecule has 1 aliphatic rings. The molecule has 0 aliphatic heterocycles. The first kappa shape index (κ1) is 11.0. The van der Waals surface area contributed by atoms with Gasteiger partial charge in [0.2, 0.25) is 0 Å². The van der Waals surface area contributed by atoms with Gasteiger partial charge in [0.1, 0.15) is 0 Å². The van der Waals surface area contributed by atoms with Gasteiger partial charge in [-0.1, -0.05) is 12.8 Å². The van der Waals surface area contributed by atoms with Gasteiger partial charge < -0.3 is 10.2 Å². The van der Waals surface area contributed by atoms with Crippen molar-refractivity contribution in [3.05, 3.63) is 0 Å². The fraction of sp³-hybridized carbons (Fsp3) is 1.00. The van der Waals surface area contributed by atoms with E-state index < -0.39 is 0 Å². The predicted octanol–water partition coefficient (Wildman–Crippen LogP) is 1.86. The second kappa shape index (κ2) is 6.39. The van der Waals surface area contributed by atoms with Gasteiger partial charge in [0.15, 0.2) is 0 Å². The zero-order chi connectivity index (χ0) is 9.52. The van der Waals surface area contributed by atoms with Gasteiger partial charge in [0.05, 0.1) is 0 Å². The molecule has 0 bridgehead atoms. The summed E-state index contributed by atoms with van der Waals surface area (Å²) in [6, 6.07) is 0.847. The molecule has 0 aromatic rings. The summed E-state index contributed by atoms with van der Waals surface area (Å²) in [6.07, 6.45) is 8.35. The minimum Gasteiger partial charge on any atom is -0.314 e. The van der Waals surface area contributed by atoms with Crippen LogP contribution in [0.15, 0.2) is 0 Å². The smallest absolute Gasteiger partial charge is 0.00670 e. The highest BCUT2D eigenvalue weighted by Crippen LogP contribution is 2.17. The molecule has 0 amide bonds. The third-order valence-electron chi connectivity index (χ3n) is 2.82. The molecule has 1 saturated carbocycles. The molecule has 2 nitrogen and oxygen atoms in total. The maximum Gasteiger partial charge on any atom is 0.00670 e. The second-order valence-electron chi connectivity index (χ2n) is 4.45. The Morgan fingerprint density at radius 3 is 2.46 bits per heavy atom. The minimum absolute atomic E-state index is 0.847. The van der Waals surface area contributed by atoms with E-state index >= 15 is 0 Å². The van der Waals surface area contributed by atoms with Crippen molar-refractivity contribution in [2.75, 3.05) is 27.2 Å². The van der Waals surface area contributed by atoms with Gasteiger partial charge in [0, 0.05) is 6.04 Å². The molecule has 0 saturated heterocycles. The molecule has 2 heteroatoms. The fourth-order valence-corrected chi connectivity index (χ4v) is 1.99. The van der Waals surface area contributed by atoms with E-state index in [1.165, 1.54) is 51.6 Å². The Morgan fingerprint density at radius 2 is 1.85 bits per heavy atom. The number of nitrogens with zero attached hydrogens (tertiary/aromatic N) is 1. The molecule has 1 aliphatic carbocycles. The van der Waals surface area contributed by atoms with Crippen LogP contribution in [-0.2, 0) is 0 Å². The third kappa shape index (κ3) is 5.27. The Kier molecular flexibility index (Phi) is 5.40. The molecule has 1 N–H and O–H groups in total. The van der Waals surface area contributed by atoms with Crippen molar-refractivity contribution < 1.29 is 0 Å². The number of rotatable bonds is 6. The first-order chi connectivity index (χ1) is 6.29. The highest BCUT2D eigenvalue weighted by atomic mass is 15.0. The van der Waals surface area contributed by atoms with Crippen LogP contribution in [-0.4, -0.2) is 38.1 Å². The van der Waals surface area contributed by atoms with Crippen LogP contribution in [0.2, 0.25) is 0 Å².